The molecule has 1 aromatic heterocycles. The standard InChI is InChI=1S/C23H28N4OS.ClH/c1-4-26(5-2)13-14-27-22-12-9-19(24-17-29)16-21(22)25-23(27)15-18-7-10-20(11-8-18)28-6-3;/h7-12,16H,4-6,13-15H2,1-3H3;1H. The Bertz CT molecular complexity index is 992. The summed E-state index contributed by atoms with van der Waals surface area (Å²) in [6.45, 7) is 11.1. The van der Waals surface area contributed by atoms with Gasteiger partial charge in [-0.05, 0) is 68.1 Å². The molecule has 0 fully saturated rings. The molecule has 0 spiro atoms. The number of isothiocyanates is 1. The molecule has 0 saturated heterocycles. The quantitative estimate of drug-likeness (QED) is 0.305. The first-order valence-corrected chi connectivity index (χ1v) is 10.6. The van der Waals surface area contributed by atoms with E-state index in [2.05, 4.69) is 51.7 Å². The lowest BCUT2D eigenvalue weighted by atomic mass is 10.1. The van der Waals surface area contributed by atoms with Crippen molar-refractivity contribution >= 4 is 46.5 Å². The van der Waals surface area contributed by atoms with Crippen molar-refractivity contribution in [3.05, 3.63) is 53.9 Å². The Kier molecular flexibility index (Phi) is 9.47. The number of halogens is 1. The van der Waals surface area contributed by atoms with Gasteiger partial charge in [-0.3, -0.25) is 0 Å². The van der Waals surface area contributed by atoms with E-state index in [4.69, 9.17) is 21.9 Å². The second-order valence-electron chi connectivity index (χ2n) is 6.84. The second kappa shape index (κ2) is 11.8. The fourth-order valence-corrected chi connectivity index (χ4v) is 3.61. The van der Waals surface area contributed by atoms with Gasteiger partial charge in [0.2, 0.25) is 0 Å². The lowest BCUT2D eigenvalue weighted by Gasteiger charge is -2.19. The molecule has 3 rings (SSSR count). The Hall–Kier alpha value is -2.24. The van der Waals surface area contributed by atoms with Crippen molar-refractivity contribution in [1.29, 1.82) is 0 Å². The molecule has 0 aliphatic heterocycles. The van der Waals surface area contributed by atoms with Crippen molar-refractivity contribution in [2.24, 2.45) is 4.99 Å². The lowest BCUT2D eigenvalue weighted by molar-refractivity contribution is 0.291. The van der Waals surface area contributed by atoms with Crippen LogP contribution in [0.15, 0.2) is 47.5 Å². The zero-order valence-corrected chi connectivity index (χ0v) is 19.4. The summed E-state index contributed by atoms with van der Waals surface area (Å²) in [5.74, 6) is 1.95. The van der Waals surface area contributed by atoms with Crippen LogP contribution in [-0.4, -0.2) is 45.9 Å². The number of likely N-dealkylation sites (N-methyl/N-ethyl adjacent to an activating group) is 1. The highest BCUT2D eigenvalue weighted by Gasteiger charge is 2.13. The highest BCUT2D eigenvalue weighted by Crippen LogP contribution is 2.24. The number of aromatic nitrogens is 2. The minimum atomic E-state index is 0. The third kappa shape index (κ3) is 5.89. The average Bonchev–Trinajstić information content (AvgIpc) is 3.07. The molecule has 0 radical (unpaired) electrons. The van der Waals surface area contributed by atoms with E-state index in [1.807, 2.05) is 31.2 Å². The van der Waals surface area contributed by atoms with Crippen LogP contribution in [0.25, 0.3) is 11.0 Å². The zero-order chi connectivity index (χ0) is 20.6. The van der Waals surface area contributed by atoms with E-state index in [9.17, 15) is 0 Å². The molecule has 3 aromatic rings. The zero-order valence-electron chi connectivity index (χ0n) is 17.8. The highest BCUT2D eigenvalue weighted by atomic mass is 35.5. The van der Waals surface area contributed by atoms with E-state index in [0.29, 0.717) is 6.61 Å². The summed E-state index contributed by atoms with van der Waals surface area (Å²) >= 11 is 4.74. The molecular formula is C23H29ClN4OS. The maximum absolute atomic E-state index is 5.56. The molecule has 0 atom stereocenters. The van der Waals surface area contributed by atoms with Gasteiger partial charge in [-0.2, -0.15) is 4.99 Å². The van der Waals surface area contributed by atoms with Gasteiger partial charge in [-0.25, -0.2) is 4.98 Å². The number of thiocarbonyl (C=S) groups is 1. The van der Waals surface area contributed by atoms with Crippen LogP contribution in [0.5, 0.6) is 5.75 Å². The van der Waals surface area contributed by atoms with E-state index in [1.165, 1.54) is 5.56 Å². The van der Waals surface area contributed by atoms with Gasteiger partial charge in [0.1, 0.15) is 11.6 Å². The smallest absolute Gasteiger partial charge is 0.119 e. The monoisotopic (exact) mass is 444 g/mol. The normalized spacial score (nSPS) is 10.7. The van der Waals surface area contributed by atoms with Crippen LogP contribution in [0.4, 0.5) is 5.69 Å². The number of nitrogens with zero attached hydrogens (tertiary/aromatic N) is 4. The fraction of sp³-hybridized carbons (Fsp3) is 0.391. The van der Waals surface area contributed by atoms with Crippen LogP contribution in [0.3, 0.4) is 0 Å². The molecule has 0 bridgehead atoms. The summed E-state index contributed by atoms with van der Waals surface area (Å²) in [4.78, 5) is 11.5. The van der Waals surface area contributed by atoms with Gasteiger partial charge in [-0.1, -0.05) is 26.0 Å². The van der Waals surface area contributed by atoms with Crippen LogP contribution < -0.4 is 4.74 Å². The van der Waals surface area contributed by atoms with E-state index in [1.54, 1.807) is 0 Å². The molecule has 5 nitrogen and oxygen atoms in total. The SMILES string of the molecule is CCOc1ccc(Cc2nc3cc(N=C=S)ccc3n2CCN(CC)CC)cc1.Cl. The fourth-order valence-electron chi connectivity index (χ4n) is 3.51. The Morgan fingerprint density at radius 1 is 1.10 bits per heavy atom. The van der Waals surface area contributed by atoms with Crippen molar-refractivity contribution < 1.29 is 4.74 Å². The summed E-state index contributed by atoms with van der Waals surface area (Å²) in [6.07, 6.45) is 0.769. The predicted octanol–water partition coefficient (Wildman–Crippen LogP) is 5.52. The second-order valence-corrected chi connectivity index (χ2v) is 7.02. The van der Waals surface area contributed by atoms with Gasteiger partial charge >= 0.3 is 0 Å². The van der Waals surface area contributed by atoms with Gasteiger partial charge in [0.05, 0.1) is 28.5 Å². The maximum Gasteiger partial charge on any atom is 0.119 e. The van der Waals surface area contributed by atoms with Gasteiger partial charge in [-0.15, -0.1) is 12.4 Å². The number of ether oxygens (including phenoxy) is 1. The minimum absolute atomic E-state index is 0. The lowest BCUT2D eigenvalue weighted by Crippen LogP contribution is -2.27. The van der Waals surface area contributed by atoms with E-state index in [-0.39, 0.29) is 12.4 Å². The van der Waals surface area contributed by atoms with Crippen molar-refractivity contribution in [3.63, 3.8) is 0 Å². The van der Waals surface area contributed by atoms with Crippen molar-refractivity contribution in [2.75, 3.05) is 26.2 Å². The first-order valence-electron chi connectivity index (χ1n) is 10.2. The number of imidazole rings is 1. The topological polar surface area (TPSA) is 42.7 Å². The molecule has 1 heterocycles. The molecule has 0 N–H and O–H groups in total. The Balaban J connectivity index is 0.00000320. The highest BCUT2D eigenvalue weighted by molar-refractivity contribution is 7.78. The molecule has 0 saturated carbocycles. The summed E-state index contributed by atoms with van der Waals surface area (Å²) in [6, 6.07) is 14.3. The van der Waals surface area contributed by atoms with Crippen LogP contribution in [0.2, 0.25) is 0 Å². The van der Waals surface area contributed by atoms with Crippen molar-refractivity contribution in [2.45, 2.75) is 33.7 Å². The van der Waals surface area contributed by atoms with Crippen LogP contribution >= 0.6 is 24.6 Å². The largest absolute Gasteiger partial charge is 0.494 e. The van der Waals surface area contributed by atoms with Crippen molar-refractivity contribution in [1.82, 2.24) is 14.5 Å². The Labute approximate surface area is 190 Å². The Morgan fingerprint density at radius 3 is 2.47 bits per heavy atom. The molecule has 2 aromatic carbocycles. The molecule has 7 heteroatoms. The molecule has 0 amide bonds. The molecule has 0 unspecified atom stereocenters. The van der Waals surface area contributed by atoms with Crippen LogP contribution in [-0.2, 0) is 13.0 Å². The number of aliphatic imine (C=N–C) groups is 1. The van der Waals surface area contributed by atoms with Crippen LogP contribution in [0, 0.1) is 0 Å². The summed E-state index contributed by atoms with van der Waals surface area (Å²) < 4.78 is 7.89. The summed E-state index contributed by atoms with van der Waals surface area (Å²) in [7, 11) is 0. The maximum atomic E-state index is 5.56. The third-order valence-electron chi connectivity index (χ3n) is 5.12. The molecule has 160 valence electrons. The average molecular weight is 445 g/mol. The first-order chi connectivity index (χ1) is 14.2. The van der Waals surface area contributed by atoms with Crippen molar-refractivity contribution in [3.8, 4) is 5.75 Å². The number of rotatable bonds is 10. The third-order valence-corrected chi connectivity index (χ3v) is 5.21. The van der Waals surface area contributed by atoms with E-state index >= 15 is 0 Å². The molecule has 0 aliphatic rings. The van der Waals surface area contributed by atoms with Gasteiger partial charge in [0.15, 0.2) is 0 Å². The number of fused-ring (bicyclic) bond motifs is 1. The van der Waals surface area contributed by atoms with E-state index < -0.39 is 0 Å². The molecule has 0 aliphatic carbocycles. The number of hydrogen-bond donors (Lipinski definition) is 0. The summed E-state index contributed by atoms with van der Waals surface area (Å²) in [5.41, 5.74) is 4.07. The molecule has 30 heavy (non-hydrogen) atoms. The van der Waals surface area contributed by atoms with Gasteiger partial charge in [0, 0.05) is 19.5 Å². The number of hydrogen-bond acceptors (Lipinski definition) is 5. The predicted molar refractivity (Wildman–Crippen MR) is 130 cm³/mol. The van der Waals surface area contributed by atoms with Gasteiger partial charge in [0.25, 0.3) is 0 Å². The minimum Gasteiger partial charge on any atom is -0.494 e. The van der Waals surface area contributed by atoms with E-state index in [0.717, 1.165) is 60.9 Å². The molecular weight excluding hydrogens is 416 g/mol. The number of benzene rings is 2. The Morgan fingerprint density at radius 2 is 1.83 bits per heavy atom. The van der Waals surface area contributed by atoms with Gasteiger partial charge < -0.3 is 14.2 Å². The first kappa shape index (κ1) is 24.0. The van der Waals surface area contributed by atoms with Crippen LogP contribution in [0.1, 0.15) is 32.2 Å². The summed E-state index contributed by atoms with van der Waals surface area (Å²) in [5, 5.41) is 2.44.